The van der Waals surface area contributed by atoms with Crippen molar-refractivity contribution >= 4 is 21.9 Å². The number of benzene rings is 1. The fourth-order valence-corrected chi connectivity index (χ4v) is 4.92. The number of sulfonamides is 1. The first-order chi connectivity index (χ1) is 13.8. The van der Waals surface area contributed by atoms with Crippen LogP contribution < -0.4 is 0 Å². The van der Waals surface area contributed by atoms with Crippen molar-refractivity contribution in [2.24, 2.45) is 0 Å². The lowest BCUT2D eigenvalue weighted by Gasteiger charge is -2.32. The number of rotatable bonds is 9. The Bertz CT molecular complexity index is 838. The molecule has 7 nitrogen and oxygen atoms in total. The molecule has 0 N–H and O–H groups in total. The Kier molecular flexibility index (Phi) is 8.16. The predicted octanol–water partition coefficient (Wildman–Crippen LogP) is 2.61. The first-order valence-electron chi connectivity index (χ1n) is 9.60. The van der Waals surface area contributed by atoms with E-state index in [0.717, 1.165) is 19.3 Å². The van der Waals surface area contributed by atoms with Crippen molar-refractivity contribution in [3.05, 3.63) is 55.1 Å². The minimum absolute atomic E-state index is 0.0431. The zero-order valence-electron chi connectivity index (χ0n) is 16.7. The van der Waals surface area contributed by atoms with E-state index < -0.39 is 22.6 Å². The molecular weight excluding hydrogens is 392 g/mol. The number of hydrogen-bond acceptors (Lipinski definition) is 5. The Morgan fingerprint density at radius 3 is 2.34 bits per heavy atom. The largest absolute Gasteiger partial charge is 0.452 e. The lowest BCUT2D eigenvalue weighted by atomic mass is 10.1. The van der Waals surface area contributed by atoms with Crippen LogP contribution in [0.3, 0.4) is 0 Å². The number of amides is 1. The first-order valence-corrected chi connectivity index (χ1v) is 11.0. The maximum Gasteiger partial charge on any atom is 0.338 e. The van der Waals surface area contributed by atoms with Crippen LogP contribution in [0.15, 0.2) is 54.5 Å². The number of ether oxygens (including phenoxy) is 1. The highest BCUT2D eigenvalue weighted by Gasteiger charge is 2.31. The summed E-state index contributed by atoms with van der Waals surface area (Å²) in [5.41, 5.74) is 0.183. The summed E-state index contributed by atoms with van der Waals surface area (Å²) in [5, 5.41) is 0. The van der Waals surface area contributed by atoms with Crippen molar-refractivity contribution in [1.29, 1.82) is 0 Å². The monoisotopic (exact) mass is 420 g/mol. The molecule has 1 heterocycles. The molecule has 1 fully saturated rings. The molecule has 158 valence electrons. The van der Waals surface area contributed by atoms with Gasteiger partial charge in [-0.05, 0) is 44.0 Å². The maximum absolute atomic E-state index is 12.8. The molecule has 0 aliphatic carbocycles. The molecule has 1 aromatic rings. The van der Waals surface area contributed by atoms with Gasteiger partial charge in [0.2, 0.25) is 10.0 Å². The standard InChI is InChI=1S/C21H28N2O5S/c1-4-13-22(14-5-2)20(24)16-28-21(25)18-9-11-19(12-10-18)29(26,27)23-15-7-6-8-17(23)3/h4-5,9-12,17H,1-2,6-8,13-16H2,3H3. The molecule has 0 saturated carbocycles. The zero-order valence-corrected chi connectivity index (χ0v) is 17.6. The molecule has 8 heteroatoms. The van der Waals surface area contributed by atoms with Gasteiger partial charge in [-0.25, -0.2) is 13.2 Å². The van der Waals surface area contributed by atoms with Gasteiger partial charge in [-0.2, -0.15) is 4.31 Å². The van der Waals surface area contributed by atoms with Gasteiger partial charge in [-0.1, -0.05) is 18.6 Å². The Hall–Kier alpha value is -2.45. The van der Waals surface area contributed by atoms with E-state index in [1.54, 1.807) is 12.2 Å². The van der Waals surface area contributed by atoms with Crippen molar-refractivity contribution in [2.45, 2.75) is 37.1 Å². The van der Waals surface area contributed by atoms with E-state index in [2.05, 4.69) is 13.2 Å². The summed E-state index contributed by atoms with van der Waals surface area (Å²) in [6.45, 7) is 9.81. The van der Waals surface area contributed by atoms with Gasteiger partial charge in [0.1, 0.15) is 0 Å². The van der Waals surface area contributed by atoms with Gasteiger partial charge < -0.3 is 9.64 Å². The van der Waals surface area contributed by atoms with Crippen LogP contribution in [0.5, 0.6) is 0 Å². The van der Waals surface area contributed by atoms with Crippen LogP contribution >= 0.6 is 0 Å². The number of hydrogen-bond donors (Lipinski definition) is 0. The molecule has 1 unspecified atom stereocenters. The normalized spacial score (nSPS) is 17.3. The number of piperidine rings is 1. The molecule has 2 rings (SSSR count). The van der Waals surface area contributed by atoms with Crippen LogP contribution in [-0.4, -0.2) is 61.8 Å². The molecule has 1 aromatic carbocycles. The highest BCUT2D eigenvalue weighted by molar-refractivity contribution is 7.89. The molecule has 1 atom stereocenters. The van der Waals surface area contributed by atoms with Gasteiger partial charge in [-0.15, -0.1) is 13.2 Å². The Morgan fingerprint density at radius 1 is 1.17 bits per heavy atom. The van der Waals surface area contributed by atoms with Crippen molar-refractivity contribution in [3.8, 4) is 0 Å². The van der Waals surface area contributed by atoms with Crippen molar-refractivity contribution < 1.29 is 22.7 Å². The van der Waals surface area contributed by atoms with E-state index in [-0.39, 0.29) is 22.4 Å². The van der Waals surface area contributed by atoms with Crippen LogP contribution in [-0.2, 0) is 19.6 Å². The van der Waals surface area contributed by atoms with Gasteiger partial charge in [0.15, 0.2) is 6.61 Å². The average molecular weight is 421 g/mol. The summed E-state index contributed by atoms with van der Waals surface area (Å²) >= 11 is 0. The first kappa shape index (κ1) is 22.8. The molecule has 0 bridgehead atoms. The summed E-state index contributed by atoms with van der Waals surface area (Å²) in [5.74, 6) is -1.05. The van der Waals surface area contributed by atoms with Gasteiger partial charge in [-0.3, -0.25) is 4.79 Å². The average Bonchev–Trinajstić information content (AvgIpc) is 2.72. The van der Waals surface area contributed by atoms with Crippen LogP contribution in [0.1, 0.15) is 36.5 Å². The van der Waals surface area contributed by atoms with Gasteiger partial charge in [0, 0.05) is 25.7 Å². The van der Waals surface area contributed by atoms with E-state index in [1.165, 1.54) is 33.5 Å². The van der Waals surface area contributed by atoms with Crippen LogP contribution in [0.4, 0.5) is 0 Å². The van der Waals surface area contributed by atoms with Crippen molar-refractivity contribution in [2.75, 3.05) is 26.2 Å². The topological polar surface area (TPSA) is 84.0 Å². The maximum atomic E-state index is 12.8. The molecule has 1 amide bonds. The molecule has 0 radical (unpaired) electrons. The lowest BCUT2D eigenvalue weighted by Crippen LogP contribution is -2.41. The zero-order chi connectivity index (χ0) is 21.4. The summed E-state index contributed by atoms with van der Waals surface area (Å²) in [4.78, 5) is 25.9. The van der Waals surface area contributed by atoms with Crippen molar-refractivity contribution in [1.82, 2.24) is 9.21 Å². The van der Waals surface area contributed by atoms with Crippen LogP contribution in [0, 0.1) is 0 Å². The molecule has 0 aromatic heterocycles. The summed E-state index contributed by atoms with van der Waals surface area (Å²) in [6, 6.07) is 5.56. The van der Waals surface area contributed by atoms with Gasteiger partial charge >= 0.3 is 5.97 Å². The van der Waals surface area contributed by atoms with E-state index in [1.807, 2.05) is 6.92 Å². The smallest absolute Gasteiger partial charge is 0.338 e. The fourth-order valence-electron chi connectivity index (χ4n) is 3.22. The summed E-state index contributed by atoms with van der Waals surface area (Å²) in [6.07, 6.45) is 5.86. The second kappa shape index (κ2) is 10.4. The third-order valence-corrected chi connectivity index (χ3v) is 6.84. The number of nitrogens with zero attached hydrogens (tertiary/aromatic N) is 2. The summed E-state index contributed by atoms with van der Waals surface area (Å²) < 4.78 is 32.2. The van der Waals surface area contributed by atoms with E-state index in [9.17, 15) is 18.0 Å². The number of carbonyl (C=O) groups is 2. The van der Waals surface area contributed by atoms with E-state index in [0.29, 0.717) is 19.6 Å². The number of carbonyl (C=O) groups excluding carboxylic acids is 2. The third-order valence-electron chi connectivity index (χ3n) is 4.82. The van der Waals surface area contributed by atoms with Crippen LogP contribution in [0.25, 0.3) is 0 Å². The Morgan fingerprint density at radius 2 is 1.79 bits per heavy atom. The SMILES string of the molecule is C=CCN(CC=C)C(=O)COC(=O)c1ccc(S(=O)(=O)N2CCCCC2C)cc1. The molecule has 1 aliphatic heterocycles. The molecule has 0 spiro atoms. The summed E-state index contributed by atoms with van der Waals surface area (Å²) in [7, 11) is -3.60. The molecule has 1 aliphatic rings. The van der Waals surface area contributed by atoms with Crippen LogP contribution in [0.2, 0.25) is 0 Å². The predicted molar refractivity (Wildman–Crippen MR) is 111 cm³/mol. The highest BCUT2D eigenvalue weighted by Crippen LogP contribution is 2.25. The fraction of sp³-hybridized carbons (Fsp3) is 0.429. The number of esters is 1. The second-order valence-electron chi connectivity index (χ2n) is 6.94. The Labute approximate surface area is 172 Å². The molecule has 29 heavy (non-hydrogen) atoms. The lowest BCUT2D eigenvalue weighted by molar-refractivity contribution is -0.133. The van der Waals surface area contributed by atoms with E-state index in [4.69, 9.17) is 4.74 Å². The Balaban J connectivity index is 2.02. The molecular formula is C21H28N2O5S. The minimum atomic E-state index is -3.60. The van der Waals surface area contributed by atoms with Gasteiger partial charge in [0.05, 0.1) is 10.5 Å². The third kappa shape index (κ3) is 5.77. The van der Waals surface area contributed by atoms with Crippen molar-refractivity contribution in [3.63, 3.8) is 0 Å². The minimum Gasteiger partial charge on any atom is -0.452 e. The van der Waals surface area contributed by atoms with E-state index >= 15 is 0 Å². The van der Waals surface area contributed by atoms with Gasteiger partial charge in [0.25, 0.3) is 5.91 Å². The highest BCUT2D eigenvalue weighted by atomic mass is 32.2. The second-order valence-corrected chi connectivity index (χ2v) is 8.83. The molecule has 1 saturated heterocycles. The quantitative estimate of drug-likeness (QED) is 0.453.